The second-order valence-electron chi connectivity index (χ2n) is 4.99. The highest BCUT2D eigenvalue weighted by Gasteiger charge is 2.04. The number of benzene rings is 1. The molecule has 2 heterocycles. The maximum Gasteiger partial charge on any atom is 0.329 e. The number of aromatic amines is 1. The van der Waals surface area contributed by atoms with Gasteiger partial charge in [-0.25, -0.2) is 9.18 Å². The molecule has 6 heteroatoms. The number of nitrogens with one attached hydrogen (secondary N) is 1. The third kappa shape index (κ3) is 3.22. The third-order valence-electron chi connectivity index (χ3n) is 3.43. The van der Waals surface area contributed by atoms with Gasteiger partial charge in [0.05, 0.1) is 17.1 Å². The largest absolute Gasteiger partial charge is 0.329 e. The summed E-state index contributed by atoms with van der Waals surface area (Å²) in [4.78, 5) is 27.3. The number of rotatable bonds is 3. The number of H-pyrrole nitrogens is 1. The summed E-state index contributed by atoms with van der Waals surface area (Å²) in [5.41, 5.74) is -0.260. The quantitative estimate of drug-likeness (QED) is 0.781. The van der Waals surface area contributed by atoms with Crippen LogP contribution in [0.2, 0.25) is 0 Å². The molecule has 0 fully saturated rings. The van der Waals surface area contributed by atoms with Crippen LogP contribution in [0.1, 0.15) is 10.4 Å². The minimum Gasteiger partial charge on any atom is -0.290 e. The summed E-state index contributed by atoms with van der Waals surface area (Å²) in [5.74, 6) is -0.343. The van der Waals surface area contributed by atoms with Gasteiger partial charge in [0, 0.05) is 4.88 Å². The highest BCUT2D eigenvalue weighted by molar-refractivity contribution is 7.10. The Labute approximate surface area is 134 Å². The third-order valence-corrected chi connectivity index (χ3v) is 4.25. The van der Waals surface area contributed by atoms with Gasteiger partial charge in [-0.1, -0.05) is 24.8 Å². The molecule has 0 amide bonds. The number of hydrogen-bond acceptors (Lipinski definition) is 3. The molecule has 0 atom stereocenters. The predicted octanol–water partition coefficient (Wildman–Crippen LogP) is 1.02. The van der Waals surface area contributed by atoms with E-state index in [2.05, 4.69) is 11.6 Å². The van der Waals surface area contributed by atoms with Gasteiger partial charge in [0.15, 0.2) is 0 Å². The summed E-state index contributed by atoms with van der Waals surface area (Å²) in [6, 6.07) is 9.59. The van der Waals surface area contributed by atoms with Crippen LogP contribution >= 0.6 is 11.3 Å². The molecule has 0 aliphatic carbocycles. The van der Waals surface area contributed by atoms with Gasteiger partial charge >= 0.3 is 5.69 Å². The zero-order valence-corrected chi connectivity index (χ0v) is 12.9. The van der Waals surface area contributed by atoms with Crippen molar-refractivity contribution in [1.82, 2.24) is 9.55 Å². The zero-order valence-electron chi connectivity index (χ0n) is 12.1. The average molecular weight is 328 g/mol. The van der Waals surface area contributed by atoms with E-state index in [1.807, 2.05) is 17.5 Å². The Hall–Kier alpha value is -2.73. The molecule has 0 radical (unpaired) electrons. The monoisotopic (exact) mass is 328 g/mol. The maximum absolute atomic E-state index is 13.0. The fourth-order valence-corrected chi connectivity index (χ4v) is 2.89. The van der Waals surface area contributed by atoms with E-state index in [1.165, 1.54) is 28.0 Å². The molecule has 116 valence electrons. The Morgan fingerprint density at radius 2 is 1.96 bits per heavy atom. The summed E-state index contributed by atoms with van der Waals surface area (Å²) in [5, 5.41) is 2.57. The van der Waals surface area contributed by atoms with Crippen LogP contribution in [0.5, 0.6) is 0 Å². The number of aromatic nitrogens is 2. The van der Waals surface area contributed by atoms with Crippen LogP contribution in [-0.2, 0) is 6.54 Å². The van der Waals surface area contributed by atoms with Crippen LogP contribution < -0.4 is 21.8 Å². The molecule has 0 saturated carbocycles. The molecule has 4 nitrogen and oxygen atoms in total. The summed E-state index contributed by atoms with van der Waals surface area (Å²) < 4.78 is 14.3. The van der Waals surface area contributed by atoms with E-state index in [1.54, 1.807) is 18.2 Å². The van der Waals surface area contributed by atoms with E-state index >= 15 is 0 Å². The van der Waals surface area contributed by atoms with Crippen molar-refractivity contribution in [3.05, 3.63) is 89.4 Å². The van der Waals surface area contributed by atoms with Crippen LogP contribution in [-0.4, -0.2) is 9.55 Å². The Kier molecular flexibility index (Phi) is 4.08. The fraction of sp³-hybridized carbons (Fsp3) is 0.0588. The van der Waals surface area contributed by atoms with Crippen molar-refractivity contribution in [3.63, 3.8) is 0 Å². The van der Waals surface area contributed by atoms with Gasteiger partial charge < -0.3 is 0 Å². The van der Waals surface area contributed by atoms with Crippen LogP contribution in [0.3, 0.4) is 0 Å². The van der Waals surface area contributed by atoms with E-state index < -0.39 is 11.2 Å². The van der Waals surface area contributed by atoms with Gasteiger partial charge in [-0.05, 0) is 35.2 Å². The molecule has 0 aliphatic heterocycles. The van der Waals surface area contributed by atoms with E-state index in [0.717, 1.165) is 10.4 Å². The predicted molar refractivity (Wildman–Crippen MR) is 89.5 cm³/mol. The van der Waals surface area contributed by atoms with Crippen molar-refractivity contribution in [2.24, 2.45) is 0 Å². The lowest BCUT2D eigenvalue weighted by Crippen LogP contribution is -2.53. The Morgan fingerprint density at radius 3 is 2.61 bits per heavy atom. The molecule has 23 heavy (non-hydrogen) atoms. The minimum atomic E-state index is -0.535. The summed E-state index contributed by atoms with van der Waals surface area (Å²) in [6.07, 6.45) is 1.70. The van der Waals surface area contributed by atoms with Gasteiger partial charge in [0.1, 0.15) is 5.82 Å². The van der Waals surface area contributed by atoms with Crippen molar-refractivity contribution < 1.29 is 4.39 Å². The standard InChI is InChI=1S/C17H13FN2O2S/c1-11-15(9-14-3-2-8-23-14)16(21)19-17(22)20(11)10-12-4-6-13(18)7-5-12/h2-9H,1,10H2,(H,19,21,22)/b15-9-. The van der Waals surface area contributed by atoms with Crippen LogP contribution in [0.15, 0.2) is 51.4 Å². The molecule has 1 aromatic carbocycles. The first kappa shape index (κ1) is 15.2. The Morgan fingerprint density at radius 1 is 1.22 bits per heavy atom. The average Bonchev–Trinajstić information content (AvgIpc) is 3.03. The molecular weight excluding hydrogens is 315 g/mol. The van der Waals surface area contributed by atoms with Gasteiger partial charge in [-0.15, -0.1) is 11.3 Å². The van der Waals surface area contributed by atoms with Crippen molar-refractivity contribution >= 4 is 24.0 Å². The van der Waals surface area contributed by atoms with Crippen LogP contribution in [0, 0.1) is 5.82 Å². The Balaban J connectivity index is 2.15. The fourth-order valence-electron chi connectivity index (χ4n) is 2.24. The second-order valence-corrected chi connectivity index (χ2v) is 5.97. The smallest absolute Gasteiger partial charge is 0.290 e. The zero-order chi connectivity index (χ0) is 16.4. The van der Waals surface area contributed by atoms with E-state index in [0.29, 0.717) is 10.6 Å². The Bertz CT molecular complexity index is 1050. The number of nitrogens with zero attached hydrogens (tertiary/aromatic N) is 1. The lowest BCUT2D eigenvalue weighted by atomic mass is 10.2. The number of thiophene rings is 1. The molecule has 0 saturated heterocycles. The molecule has 0 spiro atoms. The molecule has 3 rings (SSSR count). The van der Waals surface area contributed by atoms with Gasteiger partial charge in [0.2, 0.25) is 0 Å². The van der Waals surface area contributed by atoms with Crippen molar-refractivity contribution in [3.8, 4) is 0 Å². The summed E-state index contributed by atoms with van der Waals surface area (Å²) >= 11 is 1.49. The molecule has 0 aliphatic rings. The molecule has 1 N–H and O–H groups in total. The van der Waals surface area contributed by atoms with Crippen LogP contribution in [0.4, 0.5) is 4.39 Å². The topological polar surface area (TPSA) is 54.9 Å². The van der Waals surface area contributed by atoms with Crippen molar-refractivity contribution in [2.75, 3.05) is 0 Å². The van der Waals surface area contributed by atoms with E-state index in [4.69, 9.17) is 0 Å². The van der Waals surface area contributed by atoms with Crippen molar-refractivity contribution in [2.45, 2.75) is 6.54 Å². The molecule has 0 unspecified atom stereocenters. The number of halogens is 1. The minimum absolute atomic E-state index is 0.208. The van der Waals surface area contributed by atoms with Crippen molar-refractivity contribution in [1.29, 1.82) is 0 Å². The van der Waals surface area contributed by atoms with Crippen LogP contribution in [0.25, 0.3) is 12.7 Å². The van der Waals surface area contributed by atoms with Gasteiger partial charge in [-0.2, -0.15) is 0 Å². The second kappa shape index (κ2) is 6.18. The first-order valence-corrected chi connectivity index (χ1v) is 7.74. The molecule has 2 aromatic heterocycles. The summed E-state index contributed by atoms with van der Waals surface area (Å²) in [7, 11) is 0. The molecular formula is C17H13FN2O2S. The SMILES string of the molecule is C=c1/c(=C/c2cccs2)c(=O)[nH]c(=O)n1Cc1ccc(F)cc1. The lowest BCUT2D eigenvalue weighted by Gasteiger charge is -2.06. The first-order chi connectivity index (χ1) is 11.0. The highest BCUT2D eigenvalue weighted by atomic mass is 32.1. The van der Waals surface area contributed by atoms with Gasteiger partial charge in [-0.3, -0.25) is 14.3 Å². The maximum atomic E-state index is 13.0. The molecule has 3 aromatic rings. The molecule has 0 bridgehead atoms. The van der Waals surface area contributed by atoms with E-state index in [9.17, 15) is 14.0 Å². The first-order valence-electron chi connectivity index (χ1n) is 6.86. The highest BCUT2D eigenvalue weighted by Crippen LogP contribution is 2.07. The van der Waals surface area contributed by atoms with Gasteiger partial charge in [0.25, 0.3) is 5.56 Å². The number of hydrogen-bond donors (Lipinski definition) is 1. The summed E-state index contributed by atoms with van der Waals surface area (Å²) in [6.45, 7) is 4.09. The lowest BCUT2D eigenvalue weighted by molar-refractivity contribution is 0.625. The normalized spacial score (nSPS) is 11.8. The van der Waals surface area contributed by atoms with E-state index in [-0.39, 0.29) is 12.4 Å².